The summed E-state index contributed by atoms with van der Waals surface area (Å²) >= 11 is 5.99. The van der Waals surface area contributed by atoms with Crippen molar-refractivity contribution in [2.75, 3.05) is 7.11 Å². The third kappa shape index (κ3) is 2.30. The van der Waals surface area contributed by atoms with E-state index >= 15 is 0 Å². The lowest BCUT2D eigenvalue weighted by atomic mass is 10.1. The molecule has 0 saturated heterocycles. The second kappa shape index (κ2) is 4.84. The minimum Gasteiger partial charge on any atom is -0.504 e. The molecule has 1 aromatic carbocycles. The van der Waals surface area contributed by atoms with E-state index in [1.54, 1.807) is 12.1 Å². The molecule has 0 saturated carbocycles. The van der Waals surface area contributed by atoms with Crippen molar-refractivity contribution in [2.24, 2.45) is 4.99 Å². The Kier molecular flexibility index (Phi) is 3.74. The molecule has 1 N–H and O–H groups in total. The normalized spacial score (nSPS) is 11.3. The van der Waals surface area contributed by atoms with Gasteiger partial charge in [0.2, 0.25) is 0 Å². The van der Waals surface area contributed by atoms with Gasteiger partial charge < -0.3 is 9.84 Å². The van der Waals surface area contributed by atoms with Crippen LogP contribution in [-0.4, -0.2) is 18.9 Å². The van der Waals surface area contributed by atoms with E-state index in [1.807, 2.05) is 6.92 Å². The fraction of sp³-hybridized carbons (Fsp3) is 0.182. The number of phenolic OH excluding ortho intramolecular Hbond substituents is 1. The summed E-state index contributed by atoms with van der Waals surface area (Å²) in [4.78, 5) is 3.78. The Balaban J connectivity index is 3.41. The van der Waals surface area contributed by atoms with E-state index in [0.29, 0.717) is 22.0 Å². The first-order chi connectivity index (χ1) is 7.13. The SMILES string of the molecule is C=Nc1cc(O)c(OC)cc1/C(Cl)=C\C. The lowest BCUT2D eigenvalue weighted by Gasteiger charge is -2.09. The molecule has 3 nitrogen and oxygen atoms in total. The summed E-state index contributed by atoms with van der Waals surface area (Å²) < 4.78 is 4.98. The molecule has 0 aromatic heterocycles. The fourth-order valence-corrected chi connectivity index (χ4v) is 1.35. The maximum Gasteiger partial charge on any atom is 0.161 e. The monoisotopic (exact) mass is 225 g/mol. The highest BCUT2D eigenvalue weighted by Gasteiger charge is 2.10. The second-order valence-corrected chi connectivity index (χ2v) is 3.24. The number of phenols is 1. The van der Waals surface area contributed by atoms with E-state index in [0.717, 1.165) is 0 Å². The van der Waals surface area contributed by atoms with E-state index in [9.17, 15) is 5.11 Å². The molecule has 0 unspecified atom stereocenters. The molecule has 0 atom stereocenters. The first-order valence-corrected chi connectivity index (χ1v) is 4.71. The number of halogens is 1. The molecular formula is C11H12ClNO2. The predicted molar refractivity (Wildman–Crippen MR) is 63.4 cm³/mol. The minimum atomic E-state index is 0.0178. The quantitative estimate of drug-likeness (QED) is 0.802. The third-order valence-corrected chi connectivity index (χ3v) is 2.40. The van der Waals surface area contributed by atoms with Crippen LogP contribution >= 0.6 is 11.6 Å². The highest BCUT2D eigenvalue weighted by molar-refractivity contribution is 6.49. The first-order valence-electron chi connectivity index (χ1n) is 4.34. The van der Waals surface area contributed by atoms with Gasteiger partial charge in [0.25, 0.3) is 0 Å². The number of allylic oxidation sites excluding steroid dienone is 1. The van der Waals surface area contributed by atoms with Crippen LogP contribution in [-0.2, 0) is 0 Å². The number of methoxy groups -OCH3 is 1. The van der Waals surface area contributed by atoms with Crippen LogP contribution in [0.5, 0.6) is 11.5 Å². The maximum absolute atomic E-state index is 9.53. The van der Waals surface area contributed by atoms with E-state index in [4.69, 9.17) is 16.3 Å². The van der Waals surface area contributed by atoms with Crippen LogP contribution in [0, 0.1) is 0 Å². The van der Waals surface area contributed by atoms with Gasteiger partial charge in [-0.05, 0) is 19.7 Å². The number of rotatable bonds is 3. The Morgan fingerprint density at radius 2 is 2.27 bits per heavy atom. The molecule has 0 radical (unpaired) electrons. The summed E-state index contributed by atoms with van der Waals surface area (Å²) in [5.41, 5.74) is 1.21. The van der Waals surface area contributed by atoms with Gasteiger partial charge in [-0.25, -0.2) is 0 Å². The van der Waals surface area contributed by atoms with Gasteiger partial charge >= 0.3 is 0 Å². The Bertz CT molecular complexity index is 413. The summed E-state index contributed by atoms with van der Waals surface area (Å²) in [6.45, 7) is 5.23. The van der Waals surface area contributed by atoms with Gasteiger partial charge in [0.1, 0.15) is 0 Å². The van der Waals surface area contributed by atoms with Gasteiger partial charge in [-0.1, -0.05) is 17.7 Å². The number of nitrogens with zero attached hydrogens (tertiary/aromatic N) is 1. The highest BCUT2D eigenvalue weighted by Crippen LogP contribution is 2.38. The van der Waals surface area contributed by atoms with Crippen LogP contribution < -0.4 is 4.74 Å². The Labute approximate surface area is 93.7 Å². The summed E-state index contributed by atoms with van der Waals surface area (Å²) in [7, 11) is 1.48. The number of aromatic hydroxyl groups is 1. The van der Waals surface area contributed by atoms with Crippen LogP contribution in [0.3, 0.4) is 0 Å². The standard InChI is InChI=1S/C11H12ClNO2/c1-4-8(12)7-5-11(15-3)10(14)6-9(7)13-2/h4-6,14H,2H2,1,3H3/b8-4+. The van der Waals surface area contributed by atoms with Gasteiger partial charge in [0.05, 0.1) is 12.8 Å². The van der Waals surface area contributed by atoms with Crippen molar-refractivity contribution in [1.82, 2.24) is 0 Å². The van der Waals surface area contributed by atoms with Crippen LogP contribution in [0.1, 0.15) is 12.5 Å². The minimum absolute atomic E-state index is 0.0178. The zero-order chi connectivity index (χ0) is 11.4. The van der Waals surface area contributed by atoms with Gasteiger partial charge in [-0.15, -0.1) is 0 Å². The van der Waals surface area contributed by atoms with Crippen molar-refractivity contribution in [3.63, 3.8) is 0 Å². The van der Waals surface area contributed by atoms with Gasteiger partial charge in [-0.2, -0.15) is 0 Å². The molecule has 0 aliphatic rings. The summed E-state index contributed by atoms with van der Waals surface area (Å²) in [5.74, 6) is 0.376. The molecule has 0 bridgehead atoms. The Morgan fingerprint density at radius 3 is 2.73 bits per heavy atom. The number of benzene rings is 1. The smallest absolute Gasteiger partial charge is 0.161 e. The lowest BCUT2D eigenvalue weighted by molar-refractivity contribution is 0.373. The number of hydrogen-bond acceptors (Lipinski definition) is 3. The van der Waals surface area contributed by atoms with E-state index < -0.39 is 0 Å². The summed E-state index contributed by atoms with van der Waals surface area (Å²) in [5, 5.41) is 10.1. The predicted octanol–water partition coefficient (Wildman–Crippen LogP) is 3.33. The van der Waals surface area contributed by atoms with Crippen LogP contribution in [0.4, 0.5) is 5.69 Å². The van der Waals surface area contributed by atoms with E-state index in [2.05, 4.69) is 11.7 Å². The van der Waals surface area contributed by atoms with Gasteiger partial charge in [0.15, 0.2) is 11.5 Å². The molecule has 1 aromatic rings. The molecule has 0 heterocycles. The average Bonchev–Trinajstić information content (AvgIpc) is 2.27. The fourth-order valence-electron chi connectivity index (χ4n) is 1.20. The summed E-state index contributed by atoms with van der Waals surface area (Å²) in [6.07, 6.45) is 1.74. The molecule has 15 heavy (non-hydrogen) atoms. The number of ether oxygens (including phenoxy) is 1. The molecule has 0 amide bonds. The average molecular weight is 226 g/mol. The van der Waals surface area contributed by atoms with Crippen molar-refractivity contribution in [2.45, 2.75) is 6.92 Å². The lowest BCUT2D eigenvalue weighted by Crippen LogP contribution is -1.87. The van der Waals surface area contributed by atoms with E-state index in [1.165, 1.54) is 13.2 Å². The number of aliphatic imine (C=N–C) groups is 1. The van der Waals surface area contributed by atoms with Crippen LogP contribution in [0.15, 0.2) is 23.2 Å². The molecule has 0 spiro atoms. The molecule has 4 heteroatoms. The van der Waals surface area contributed by atoms with Crippen LogP contribution in [0.2, 0.25) is 0 Å². The Morgan fingerprint density at radius 1 is 1.60 bits per heavy atom. The van der Waals surface area contributed by atoms with Gasteiger partial charge in [-0.3, -0.25) is 4.99 Å². The van der Waals surface area contributed by atoms with Crippen molar-refractivity contribution in [1.29, 1.82) is 0 Å². The summed E-state index contributed by atoms with van der Waals surface area (Å²) in [6, 6.07) is 3.09. The largest absolute Gasteiger partial charge is 0.504 e. The maximum atomic E-state index is 9.53. The van der Waals surface area contributed by atoms with Crippen molar-refractivity contribution in [3.05, 3.63) is 23.8 Å². The highest BCUT2D eigenvalue weighted by atomic mass is 35.5. The molecular weight excluding hydrogens is 214 g/mol. The Hall–Kier alpha value is -1.48. The van der Waals surface area contributed by atoms with Gasteiger partial charge in [0, 0.05) is 16.7 Å². The van der Waals surface area contributed by atoms with Crippen LogP contribution in [0.25, 0.3) is 5.03 Å². The third-order valence-electron chi connectivity index (χ3n) is 1.98. The molecule has 1 rings (SSSR count). The zero-order valence-electron chi connectivity index (χ0n) is 8.62. The second-order valence-electron chi connectivity index (χ2n) is 2.84. The topological polar surface area (TPSA) is 41.8 Å². The van der Waals surface area contributed by atoms with Crippen molar-refractivity contribution >= 4 is 29.0 Å². The molecule has 0 fully saturated rings. The molecule has 0 aliphatic carbocycles. The molecule has 80 valence electrons. The van der Waals surface area contributed by atoms with Crippen molar-refractivity contribution < 1.29 is 9.84 Å². The zero-order valence-corrected chi connectivity index (χ0v) is 9.38. The van der Waals surface area contributed by atoms with Crippen molar-refractivity contribution in [3.8, 4) is 11.5 Å². The number of hydrogen-bond donors (Lipinski definition) is 1. The first kappa shape index (κ1) is 11.6. The van der Waals surface area contributed by atoms with E-state index in [-0.39, 0.29) is 5.75 Å². The molecule has 0 aliphatic heterocycles.